The van der Waals surface area contributed by atoms with Crippen molar-refractivity contribution in [2.24, 2.45) is 0 Å². The van der Waals surface area contributed by atoms with Gasteiger partial charge in [-0.05, 0) is 75.2 Å². The summed E-state index contributed by atoms with van der Waals surface area (Å²) < 4.78 is 5.54. The molecule has 1 aromatic heterocycles. The Morgan fingerprint density at radius 1 is 1.03 bits per heavy atom. The third-order valence-corrected chi connectivity index (χ3v) is 5.79. The number of nitrogens with one attached hydrogen (secondary N) is 1. The Labute approximate surface area is 199 Å². The number of anilines is 4. The van der Waals surface area contributed by atoms with Crippen LogP contribution in [0.2, 0.25) is 0 Å². The van der Waals surface area contributed by atoms with Crippen LogP contribution in [0.15, 0.2) is 48.5 Å². The highest BCUT2D eigenvalue weighted by Crippen LogP contribution is 2.28. The zero-order valence-electron chi connectivity index (χ0n) is 20.1. The molecule has 1 unspecified atom stereocenters. The van der Waals surface area contributed by atoms with Gasteiger partial charge in [0.25, 0.3) is 0 Å². The minimum Gasteiger partial charge on any atom is -0.444 e. The van der Waals surface area contributed by atoms with Gasteiger partial charge < -0.3 is 14.5 Å². The van der Waals surface area contributed by atoms with Gasteiger partial charge in [0.05, 0.1) is 13.0 Å². The van der Waals surface area contributed by atoms with Crippen molar-refractivity contribution in [1.29, 1.82) is 0 Å². The quantitative estimate of drug-likeness (QED) is 0.588. The summed E-state index contributed by atoms with van der Waals surface area (Å²) in [6.45, 7) is 8.17. The van der Waals surface area contributed by atoms with Crippen LogP contribution in [-0.4, -0.2) is 41.7 Å². The van der Waals surface area contributed by atoms with Crippen molar-refractivity contribution < 1.29 is 14.3 Å². The van der Waals surface area contributed by atoms with Crippen molar-refractivity contribution in [3.05, 3.63) is 71.0 Å². The minimum atomic E-state index is -0.584. The molecule has 2 aromatic carbocycles. The second-order valence-corrected chi connectivity index (χ2v) is 8.71. The van der Waals surface area contributed by atoms with Gasteiger partial charge in [-0.15, -0.1) is 0 Å². The number of hydrogen-bond donors (Lipinski definition) is 1. The fourth-order valence-electron chi connectivity index (χ4n) is 4.04. The fraction of sp³-hybridized carbons (Fsp3) is 0.308. The topological polar surface area (TPSA) is 87.7 Å². The van der Waals surface area contributed by atoms with Gasteiger partial charge in [-0.2, -0.15) is 0 Å². The molecule has 0 aliphatic carbocycles. The molecule has 1 aliphatic heterocycles. The first-order valence-electron chi connectivity index (χ1n) is 11.2. The summed E-state index contributed by atoms with van der Waals surface area (Å²) in [6, 6.07) is 15.2. The molecule has 1 aliphatic rings. The molecule has 4 rings (SSSR count). The SMILES string of the molecule is Cc1ccc(C)c(N2CC(OC(=O)Nc3ccc(N(C)c4nc(C)cc(C)n4)cc3)CC2=O)c1. The number of amides is 2. The number of carbonyl (C=O) groups is 2. The second-order valence-electron chi connectivity index (χ2n) is 8.71. The van der Waals surface area contributed by atoms with Crippen molar-refractivity contribution in [2.75, 3.05) is 28.7 Å². The van der Waals surface area contributed by atoms with Crippen LogP contribution in [0.4, 0.5) is 27.8 Å². The molecule has 0 saturated carbocycles. The first-order chi connectivity index (χ1) is 16.2. The number of benzene rings is 2. The smallest absolute Gasteiger partial charge is 0.411 e. The van der Waals surface area contributed by atoms with Gasteiger partial charge in [0.15, 0.2) is 0 Å². The standard InChI is InChI=1S/C26H29N5O3/c1-16-6-7-17(2)23(12-16)31-15-22(14-24(31)32)34-26(33)29-20-8-10-21(11-9-20)30(5)25-27-18(3)13-19(4)28-25/h6-13,22H,14-15H2,1-5H3,(H,29,33). The van der Waals surface area contributed by atoms with Crippen LogP contribution < -0.4 is 15.1 Å². The van der Waals surface area contributed by atoms with Crippen LogP contribution in [0.3, 0.4) is 0 Å². The minimum absolute atomic E-state index is 0.0486. The maximum Gasteiger partial charge on any atom is 0.411 e. The third kappa shape index (κ3) is 5.17. The van der Waals surface area contributed by atoms with Crippen LogP contribution in [0, 0.1) is 27.7 Å². The normalized spacial score (nSPS) is 15.4. The van der Waals surface area contributed by atoms with Crippen LogP contribution in [0.5, 0.6) is 0 Å². The molecule has 2 heterocycles. The molecule has 2 amide bonds. The molecule has 3 aromatic rings. The van der Waals surface area contributed by atoms with Crippen molar-refractivity contribution in [3.63, 3.8) is 0 Å². The second kappa shape index (κ2) is 9.51. The summed E-state index contributed by atoms with van der Waals surface area (Å²) in [5, 5.41) is 2.74. The highest BCUT2D eigenvalue weighted by atomic mass is 16.6. The maximum absolute atomic E-state index is 12.5. The number of carbonyl (C=O) groups excluding carboxylic acids is 2. The van der Waals surface area contributed by atoms with Crippen molar-refractivity contribution in [1.82, 2.24) is 9.97 Å². The van der Waals surface area contributed by atoms with E-state index in [0.29, 0.717) is 18.2 Å². The Balaban J connectivity index is 1.36. The fourth-order valence-corrected chi connectivity index (χ4v) is 4.04. The highest BCUT2D eigenvalue weighted by molar-refractivity contribution is 5.97. The van der Waals surface area contributed by atoms with E-state index in [9.17, 15) is 9.59 Å². The van der Waals surface area contributed by atoms with Gasteiger partial charge in [-0.25, -0.2) is 14.8 Å². The largest absolute Gasteiger partial charge is 0.444 e. The van der Waals surface area contributed by atoms with E-state index < -0.39 is 12.2 Å². The molecule has 1 atom stereocenters. The summed E-state index contributed by atoms with van der Waals surface area (Å²) in [5.41, 5.74) is 6.24. The van der Waals surface area contributed by atoms with Crippen LogP contribution in [0.1, 0.15) is 28.9 Å². The molecule has 0 bridgehead atoms. The molecule has 176 valence electrons. The van der Waals surface area contributed by atoms with E-state index >= 15 is 0 Å². The molecular weight excluding hydrogens is 430 g/mol. The van der Waals surface area contributed by atoms with Gasteiger partial charge in [0.2, 0.25) is 11.9 Å². The Hall–Kier alpha value is -3.94. The summed E-state index contributed by atoms with van der Waals surface area (Å²) >= 11 is 0. The van der Waals surface area contributed by atoms with Crippen molar-refractivity contribution in [2.45, 2.75) is 40.2 Å². The number of rotatable bonds is 5. The molecule has 1 fully saturated rings. The first kappa shape index (κ1) is 23.2. The van der Waals surface area contributed by atoms with Gasteiger partial charge >= 0.3 is 6.09 Å². The van der Waals surface area contributed by atoms with E-state index in [1.807, 2.05) is 76.0 Å². The summed E-state index contributed by atoms with van der Waals surface area (Å²) in [4.78, 5) is 37.5. The third-order valence-electron chi connectivity index (χ3n) is 5.79. The van der Waals surface area contributed by atoms with E-state index in [2.05, 4.69) is 15.3 Å². The van der Waals surface area contributed by atoms with E-state index in [1.165, 1.54) is 0 Å². The average molecular weight is 460 g/mol. The number of ether oxygens (including phenoxy) is 1. The number of aryl methyl sites for hydroxylation is 4. The highest BCUT2D eigenvalue weighted by Gasteiger charge is 2.34. The summed E-state index contributed by atoms with van der Waals surface area (Å²) in [6.07, 6.45) is -0.917. The molecular formula is C26H29N5O3. The molecule has 1 N–H and O–H groups in total. The van der Waals surface area contributed by atoms with E-state index in [4.69, 9.17) is 4.74 Å². The Bertz CT molecular complexity index is 1210. The van der Waals surface area contributed by atoms with Gasteiger partial charge in [0.1, 0.15) is 6.10 Å². The number of nitrogens with zero attached hydrogens (tertiary/aromatic N) is 4. The van der Waals surface area contributed by atoms with Crippen molar-refractivity contribution in [3.8, 4) is 0 Å². The molecule has 1 saturated heterocycles. The lowest BCUT2D eigenvalue weighted by Crippen LogP contribution is -2.28. The van der Waals surface area contributed by atoms with Gasteiger partial charge in [0, 0.05) is 35.5 Å². The predicted molar refractivity (Wildman–Crippen MR) is 133 cm³/mol. The zero-order valence-corrected chi connectivity index (χ0v) is 20.1. The number of aromatic nitrogens is 2. The predicted octanol–water partition coefficient (Wildman–Crippen LogP) is 4.83. The summed E-state index contributed by atoms with van der Waals surface area (Å²) in [5.74, 6) is 0.560. The van der Waals surface area contributed by atoms with Crippen molar-refractivity contribution >= 4 is 35.0 Å². The van der Waals surface area contributed by atoms with E-state index in [-0.39, 0.29) is 12.3 Å². The van der Waals surface area contributed by atoms with E-state index in [0.717, 1.165) is 33.9 Å². The molecule has 8 nitrogen and oxygen atoms in total. The van der Waals surface area contributed by atoms with Gasteiger partial charge in [-0.3, -0.25) is 10.1 Å². The Morgan fingerprint density at radius 3 is 2.38 bits per heavy atom. The lowest BCUT2D eigenvalue weighted by atomic mass is 10.1. The van der Waals surface area contributed by atoms with Crippen LogP contribution in [0.25, 0.3) is 0 Å². The maximum atomic E-state index is 12.5. The average Bonchev–Trinajstić information content (AvgIpc) is 3.14. The number of hydrogen-bond acceptors (Lipinski definition) is 6. The van der Waals surface area contributed by atoms with E-state index in [1.54, 1.807) is 17.0 Å². The molecule has 34 heavy (non-hydrogen) atoms. The Morgan fingerprint density at radius 2 is 1.71 bits per heavy atom. The van der Waals surface area contributed by atoms with Gasteiger partial charge in [-0.1, -0.05) is 12.1 Å². The van der Waals surface area contributed by atoms with Crippen LogP contribution in [-0.2, 0) is 9.53 Å². The van der Waals surface area contributed by atoms with Crippen LogP contribution >= 0.6 is 0 Å². The summed E-state index contributed by atoms with van der Waals surface area (Å²) in [7, 11) is 1.89. The Kier molecular flexibility index (Phi) is 6.49. The molecule has 0 radical (unpaired) electrons. The lowest BCUT2D eigenvalue weighted by molar-refractivity contribution is -0.117. The zero-order chi connectivity index (χ0) is 24.4. The first-order valence-corrected chi connectivity index (χ1v) is 11.2. The monoisotopic (exact) mass is 459 g/mol. The lowest BCUT2D eigenvalue weighted by Gasteiger charge is -2.20. The molecule has 8 heteroatoms. The molecule has 0 spiro atoms.